The summed E-state index contributed by atoms with van der Waals surface area (Å²) in [4.78, 5) is 24.4. The molecule has 0 aliphatic heterocycles. The van der Waals surface area contributed by atoms with Gasteiger partial charge >= 0.3 is 0 Å². The molecule has 1 aliphatic carbocycles. The monoisotopic (exact) mass is 359 g/mol. The smallest absolute Gasteiger partial charge is 0.259 e. The minimum atomic E-state index is -0.597. The first kappa shape index (κ1) is 14.7. The van der Waals surface area contributed by atoms with E-state index in [0.29, 0.717) is 0 Å². The van der Waals surface area contributed by atoms with Crippen LogP contribution >= 0.6 is 15.9 Å². The van der Waals surface area contributed by atoms with Crippen LogP contribution in [0.25, 0.3) is 6.08 Å². The number of hydrogen-bond acceptors (Lipinski definition) is 2. The summed E-state index contributed by atoms with van der Waals surface area (Å²) in [5, 5.41) is 2.44. The van der Waals surface area contributed by atoms with Crippen LogP contribution in [0.15, 0.2) is 52.5 Å². The van der Waals surface area contributed by atoms with Crippen LogP contribution in [0.1, 0.15) is 11.1 Å². The Morgan fingerprint density at radius 2 is 1.95 bits per heavy atom. The summed E-state index contributed by atoms with van der Waals surface area (Å²) in [5.74, 6) is -1.41. The van der Waals surface area contributed by atoms with Crippen LogP contribution in [-0.2, 0) is 16.0 Å². The maximum atomic E-state index is 13.6. The number of amides is 1. The van der Waals surface area contributed by atoms with Gasteiger partial charge in [0.05, 0.1) is 11.3 Å². The molecule has 0 bridgehead atoms. The topological polar surface area (TPSA) is 46.2 Å². The summed E-state index contributed by atoms with van der Waals surface area (Å²) in [7, 11) is 0. The number of rotatable bonds is 2. The lowest BCUT2D eigenvalue weighted by atomic mass is 9.91. The van der Waals surface area contributed by atoms with Gasteiger partial charge in [-0.15, -0.1) is 0 Å². The molecule has 3 nitrogen and oxygen atoms in total. The number of carbonyl (C=O) groups excluding carboxylic acids is 2. The van der Waals surface area contributed by atoms with Crippen molar-refractivity contribution in [1.82, 2.24) is 0 Å². The average molecular weight is 360 g/mol. The van der Waals surface area contributed by atoms with Crippen LogP contribution < -0.4 is 5.32 Å². The fraction of sp³-hybridized carbons (Fsp3) is 0.0588. The Kier molecular flexibility index (Phi) is 3.90. The lowest BCUT2D eigenvalue weighted by Crippen LogP contribution is -2.24. The normalized spacial score (nSPS) is 13.4. The molecular formula is C17H11BrFNO2. The minimum absolute atomic E-state index is 0.0360. The van der Waals surface area contributed by atoms with Crippen LogP contribution in [-0.4, -0.2) is 11.7 Å². The van der Waals surface area contributed by atoms with E-state index in [1.807, 2.05) is 18.2 Å². The second-order valence-corrected chi connectivity index (χ2v) is 5.85. The minimum Gasteiger partial charge on any atom is -0.319 e. The predicted molar refractivity (Wildman–Crippen MR) is 85.9 cm³/mol. The predicted octanol–water partition coefficient (Wildman–Crippen LogP) is 3.74. The van der Waals surface area contributed by atoms with E-state index in [1.54, 1.807) is 12.1 Å². The molecule has 0 fully saturated rings. The van der Waals surface area contributed by atoms with Crippen molar-refractivity contribution in [2.45, 2.75) is 6.42 Å². The van der Waals surface area contributed by atoms with Crippen LogP contribution in [0.5, 0.6) is 0 Å². The highest BCUT2D eigenvalue weighted by Gasteiger charge is 2.24. The van der Waals surface area contributed by atoms with Gasteiger partial charge in [-0.05, 0) is 41.5 Å². The van der Waals surface area contributed by atoms with E-state index in [9.17, 15) is 14.0 Å². The zero-order valence-corrected chi connectivity index (χ0v) is 13.0. The van der Waals surface area contributed by atoms with Gasteiger partial charge in [-0.3, -0.25) is 9.59 Å². The fourth-order valence-electron chi connectivity index (χ4n) is 2.31. The highest BCUT2D eigenvalue weighted by molar-refractivity contribution is 9.10. The lowest BCUT2D eigenvalue weighted by Gasteiger charge is -2.15. The Bertz CT molecular complexity index is 814. The highest BCUT2D eigenvalue weighted by Crippen LogP contribution is 2.26. The van der Waals surface area contributed by atoms with E-state index >= 15 is 0 Å². The summed E-state index contributed by atoms with van der Waals surface area (Å²) in [5.41, 5.74) is 1.78. The fourth-order valence-corrected chi connectivity index (χ4v) is 2.69. The van der Waals surface area contributed by atoms with Gasteiger partial charge in [0, 0.05) is 10.9 Å². The van der Waals surface area contributed by atoms with Crippen molar-refractivity contribution in [2.24, 2.45) is 0 Å². The SMILES string of the molecule is O=C1Cc2ccc(Br)cc2C=C1C(=O)Nc1ccccc1F. The molecule has 3 rings (SSSR count). The summed E-state index contributed by atoms with van der Waals surface area (Å²) >= 11 is 3.36. The molecule has 22 heavy (non-hydrogen) atoms. The Balaban J connectivity index is 1.92. The maximum absolute atomic E-state index is 13.6. The highest BCUT2D eigenvalue weighted by atomic mass is 79.9. The van der Waals surface area contributed by atoms with Crippen molar-refractivity contribution >= 4 is 39.4 Å². The van der Waals surface area contributed by atoms with Gasteiger partial charge in [0.15, 0.2) is 5.78 Å². The molecule has 0 radical (unpaired) electrons. The molecule has 5 heteroatoms. The van der Waals surface area contributed by atoms with Gasteiger partial charge < -0.3 is 5.32 Å². The van der Waals surface area contributed by atoms with Crippen molar-refractivity contribution in [3.63, 3.8) is 0 Å². The van der Waals surface area contributed by atoms with Crippen molar-refractivity contribution in [2.75, 3.05) is 5.32 Å². The molecule has 2 aromatic carbocycles. The standard InChI is InChI=1S/C17H11BrFNO2/c18-12-6-5-10-9-16(21)13(8-11(10)7-12)17(22)20-15-4-2-1-3-14(15)19/h1-8H,9H2,(H,20,22). The molecule has 2 aromatic rings. The van der Waals surface area contributed by atoms with Crippen molar-refractivity contribution in [3.05, 3.63) is 69.5 Å². The number of ketones is 1. The van der Waals surface area contributed by atoms with E-state index in [-0.39, 0.29) is 23.5 Å². The Hall–Kier alpha value is -2.27. The van der Waals surface area contributed by atoms with Crippen molar-refractivity contribution in [1.29, 1.82) is 0 Å². The molecule has 0 unspecified atom stereocenters. The first-order chi connectivity index (χ1) is 10.5. The maximum Gasteiger partial charge on any atom is 0.259 e. The number of carbonyl (C=O) groups is 2. The Morgan fingerprint density at radius 1 is 1.18 bits per heavy atom. The summed E-state index contributed by atoms with van der Waals surface area (Å²) in [6, 6.07) is 11.4. The number of benzene rings is 2. The zero-order valence-electron chi connectivity index (χ0n) is 11.4. The molecule has 0 heterocycles. The van der Waals surface area contributed by atoms with Gasteiger partial charge in [0.2, 0.25) is 0 Å². The number of anilines is 1. The van der Waals surface area contributed by atoms with Crippen molar-refractivity contribution in [3.8, 4) is 0 Å². The van der Waals surface area contributed by atoms with E-state index in [0.717, 1.165) is 15.6 Å². The third kappa shape index (κ3) is 2.85. The van der Waals surface area contributed by atoms with E-state index in [2.05, 4.69) is 21.2 Å². The third-order valence-electron chi connectivity index (χ3n) is 3.43. The second-order valence-electron chi connectivity index (χ2n) is 4.94. The van der Waals surface area contributed by atoms with Crippen LogP contribution in [0, 0.1) is 5.82 Å². The molecule has 0 spiro atoms. The molecule has 0 saturated heterocycles. The lowest BCUT2D eigenvalue weighted by molar-refractivity contribution is -0.119. The van der Waals surface area contributed by atoms with Crippen LogP contribution in [0.4, 0.5) is 10.1 Å². The second kappa shape index (κ2) is 5.85. The van der Waals surface area contributed by atoms with Gasteiger partial charge in [0.25, 0.3) is 5.91 Å². The largest absolute Gasteiger partial charge is 0.319 e. The molecule has 1 N–H and O–H groups in total. The number of halogens is 2. The van der Waals surface area contributed by atoms with Crippen LogP contribution in [0.3, 0.4) is 0 Å². The van der Waals surface area contributed by atoms with Gasteiger partial charge in [-0.2, -0.15) is 0 Å². The van der Waals surface area contributed by atoms with Crippen molar-refractivity contribution < 1.29 is 14.0 Å². The number of hydrogen-bond donors (Lipinski definition) is 1. The molecular weight excluding hydrogens is 349 g/mol. The van der Waals surface area contributed by atoms with Gasteiger partial charge in [-0.1, -0.05) is 34.1 Å². The molecule has 1 aliphatic rings. The Labute approximate surface area is 135 Å². The van der Waals surface area contributed by atoms with E-state index < -0.39 is 11.7 Å². The quantitative estimate of drug-likeness (QED) is 0.830. The van der Waals surface area contributed by atoms with Crippen LogP contribution in [0.2, 0.25) is 0 Å². The number of para-hydroxylation sites is 1. The molecule has 0 saturated carbocycles. The van der Waals surface area contributed by atoms with Gasteiger partial charge in [0.1, 0.15) is 5.82 Å². The summed E-state index contributed by atoms with van der Waals surface area (Å²) < 4.78 is 14.4. The summed E-state index contributed by atoms with van der Waals surface area (Å²) in [6.45, 7) is 0. The number of nitrogens with one attached hydrogen (secondary N) is 1. The average Bonchev–Trinajstić information content (AvgIpc) is 2.49. The third-order valence-corrected chi connectivity index (χ3v) is 3.92. The molecule has 0 atom stereocenters. The first-order valence-corrected chi connectivity index (χ1v) is 7.43. The summed E-state index contributed by atoms with van der Waals surface area (Å²) in [6.07, 6.45) is 1.71. The number of Topliss-reactive ketones (excluding diaryl/α,β-unsaturated/α-hetero) is 1. The van der Waals surface area contributed by atoms with E-state index in [4.69, 9.17) is 0 Å². The molecule has 110 valence electrons. The number of fused-ring (bicyclic) bond motifs is 1. The zero-order chi connectivity index (χ0) is 15.7. The van der Waals surface area contributed by atoms with E-state index in [1.165, 1.54) is 18.2 Å². The first-order valence-electron chi connectivity index (χ1n) is 6.64. The molecule has 0 aromatic heterocycles. The molecule has 1 amide bonds. The Morgan fingerprint density at radius 3 is 2.73 bits per heavy atom. The van der Waals surface area contributed by atoms with Gasteiger partial charge in [-0.25, -0.2) is 4.39 Å².